The molecule has 0 bridgehead atoms. The van der Waals surface area contributed by atoms with E-state index in [1.165, 1.54) is 23.5 Å². The fourth-order valence-electron chi connectivity index (χ4n) is 3.33. The first kappa shape index (κ1) is 19.5. The van der Waals surface area contributed by atoms with Crippen molar-refractivity contribution in [2.45, 2.75) is 19.3 Å². The van der Waals surface area contributed by atoms with Crippen molar-refractivity contribution in [1.29, 1.82) is 0 Å². The van der Waals surface area contributed by atoms with Crippen molar-refractivity contribution in [3.8, 4) is 11.3 Å². The summed E-state index contributed by atoms with van der Waals surface area (Å²) in [6.07, 6.45) is 2.12. The zero-order chi connectivity index (χ0) is 19.7. The number of nitrogens with zero attached hydrogens (tertiary/aromatic N) is 2. The van der Waals surface area contributed by atoms with Gasteiger partial charge < -0.3 is 11.5 Å². The quantitative estimate of drug-likeness (QED) is 0.655. The molecule has 2 heterocycles. The third kappa shape index (κ3) is 3.76. The summed E-state index contributed by atoms with van der Waals surface area (Å²) in [5.41, 5.74) is 15.0. The number of hydrogen-bond acceptors (Lipinski definition) is 4. The Morgan fingerprint density at radius 2 is 2.04 bits per heavy atom. The highest BCUT2D eigenvalue weighted by Gasteiger charge is 2.29. The molecule has 0 saturated carbocycles. The molecule has 0 fully saturated rings. The van der Waals surface area contributed by atoms with Crippen LogP contribution in [0.15, 0.2) is 30.5 Å². The van der Waals surface area contributed by atoms with Gasteiger partial charge in [0.15, 0.2) is 0 Å². The molecular formula is C19H20ClFN4OS. The van der Waals surface area contributed by atoms with Crippen LogP contribution in [0.25, 0.3) is 11.3 Å². The van der Waals surface area contributed by atoms with Crippen molar-refractivity contribution >= 4 is 28.8 Å². The van der Waals surface area contributed by atoms with E-state index in [0.717, 1.165) is 27.3 Å². The Hall–Kier alpha value is -2.22. The van der Waals surface area contributed by atoms with E-state index in [1.54, 1.807) is 30.1 Å². The van der Waals surface area contributed by atoms with Crippen LogP contribution in [0.2, 0.25) is 5.02 Å². The summed E-state index contributed by atoms with van der Waals surface area (Å²) in [6, 6.07) is 6.26. The van der Waals surface area contributed by atoms with Crippen LogP contribution < -0.4 is 11.5 Å². The van der Waals surface area contributed by atoms with Crippen LogP contribution in [-0.2, 0) is 13.5 Å². The van der Waals surface area contributed by atoms with E-state index in [1.807, 2.05) is 6.92 Å². The van der Waals surface area contributed by atoms with E-state index in [9.17, 15) is 9.18 Å². The summed E-state index contributed by atoms with van der Waals surface area (Å²) in [5, 5.41) is 4.70. The molecule has 27 heavy (non-hydrogen) atoms. The molecule has 0 spiro atoms. The van der Waals surface area contributed by atoms with Gasteiger partial charge in [0.1, 0.15) is 5.82 Å². The standard InChI is InChI=1S/C19H20ClFN4OS/c1-10-15(17-14(20)9-24-25(17)2)16(18(27-10)19(23)26)12(8-22)7-11-3-5-13(21)6-4-11/h3-6,9,12H,7-8,22H2,1-2H3,(H2,23,26)/t12-/m1/s1. The lowest BCUT2D eigenvalue weighted by Crippen LogP contribution is -2.20. The first-order chi connectivity index (χ1) is 12.8. The van der Waals surface area contributed by atoms with Crippen LogP contribution in [0.5, 0.6) is 0 Å². The van der Waals surface area contributed by atoms with Gasteiger partial charge in [0.05, 0.1) is 21.8 Å². The largest absolute Gasteiger partial charge is 0.365 e. The Morgan fingerprint density at radius 1 is 1.37 bits per heavy atom. The number of primary amides is 1. The number of carbonyl (C=O) groups is 1. The van der Waals surface area contributed by atoms with Gasteiger partial charge in [-0.15, -0.1) is 11.3 Å². The molecule has 3 aromatic rings. The van der Waals surface area contributed by atoms with Gasteiger partial charge in [0.25, 0.3) is 5.91 Å². The first-order valence-electron chi connectivity index (χ1n) is 8.39. The van der Waals surface area contributed by atoms with Gasteiger partial charge in [-0.25, -0.2) is 4.39 Å². The molecule has 1 amide bonds. The molecule has 8 heteroatoms. The van der Waals surface area contributed by atoms with E-state index < -0.39 is 5.91 Å². The molecule has 0 saturated heterocycles. The van der Waals surface area contributed by atoms with Crippen LogP contribution in [0, 0.1) is 12.7 Å². The zero-order valence-corrected chi connectivity index (χ0v) is 16.6. The number of aryl methyl sites for hydroxylation is 2. The smallest absolute Gasteiger partial charge is 0.259 e. The highest BCUT2D eigenvalue weighted by Crippen LogP contribution is 2.43. The van der Waals surface area contributed by atoms with E-state index in [0.29, 0.717) is 22.9 Å². The van der Waals surface area contributed by atoms with E-state index in [-0.39, 0.29) is 11.7 Å². The summed E-state index contributed by atoms with van der Waals surface area (Å²) >= 11 is 7.70. The lowest BCUT2D eigenvalue weighted by Gasteiger charge is -2.19. The van der Waals surface area contributed by atoms with Crippen molar-refractivity contribution in [1.82, 2.24) is 9.78 Å². The number of rotatable bonds is 6. The van der Waals surface area contributed by atoms with Gasteiger partial charge in [0, 0.05) is 23.4 Å². The molecular weight excluding hydrogens is 387 g/mol. The van der Waals surface area contributed by atoms with Crippen molar-refractivity contribution in [2.75, 3.05) is 6.54 Å². The second-order valence-corrected chi connectivity index (χ2v) is 8.00. The van der Waals surface area contributed by atoms with E-state index in [2.05, 4.69) is 5.10 Å². The van der Waals surface area contributed by atoms with Crippen molar-refractivity contribution in [3.63, 3.8) is 0 Å². The number of nitrogens with two attached hydrogens (primary N) is 2. The summed E-state index contributed by atoms with van der Waals surface area (Å²) in [4.78, 5) is 13.5. The predicted octanol–water partition coefficient (Wildman–Crippen LogP) is 3.63. The molecule has 1 aromatic carbocycles. The average molecular weight is 407 g/mol. The SMILES string of the molecule is Cc1sc(C(N)=O)c([C@@H](CN)Cc2ccc(F)cc2)c1-c1c(Cl)cnn1C. The maximum Gasteiger partial charge on any atom is 0.259 e. The fourth-order valence-corrected chi connectivity index (χ4v) is 4.68. The van der Waals surface area contributed by atoms with Crippen LogP contribution in [0.1, 0.15) is 31.6 Å². The Bertz CT molecular complexity index is 961. The van der Waals surface area contributed by atoms with Crippen molar-refractivity contribution in [3.05, 3.63) is 62.2 Å². The van der Waals surface area contributed by atoms with Gasteiger partial charge in [-0.3, -0.25) is 9.48 Å². The minimum Gasteiger partial charge on any atom is -0.365 e. The predicted molar refractivity (Wildman–Crippen MR) is 107 cm³/mol. The Balaban J connectivity index is 2.16. The van der Waals surface area contributed by atoms with Gasteiger partial charge in [-0.1, -0.05) is 23.7 Å². The monoisotopic (exact) mass is 406 g/mol. The molecule has 1 atom stereocenters. The van der Waals surface area contributed by atoms with Crippen molar-refractivity contribution < 1.29 is 9.18 Å². The number of amides is 1. The summed E-state index contributed by atoms with van der Waals surface area (Å²) < 4.78 is 14.9. The molecule has 4 N–H and O–H groups in total. The minimum atomic E-state index is -0.500. The van der Waals surface area contributed by atoms with Crippen LogP contribution >= 0.6 is 22.9 Å². The van der Waals surface area contributed by atoms with Gasteiger partial charge >= 0.3 is 0 Å². The zero-order valence-electron chi connectivity index (χ0n) is 15.0. The lowest BCUT2D eigenvalue weighted by molar-refractivity contribution is 0.100. The number of halogens is 2. The molecule has 0 radical (unpaired) electrons. The maximum atomic E-state index is 13.2. The molecule has 0 aliphatic rings. The first-order valence-corrected chi connectivity index (χ1v) is 9.58. The average Bonchev–Trinajstić information content (AvgIpc) is 3.13. The van der Waals surface area contributed by atoms with Crippen LogP contribution in [0.4, 0.5) is 4.39 Å². The lowest BCUT2D eigenvalue weighted by atomic mass is 9.87. The highest BCUT2D eigenvalue weighted by molar-refractivity contribution is 7.14. The third-order valence-corrected chi connectivity index (χ3v) is 5.98. The Kier molecular flexibility index (Phi) is 5.64. The van der Waals surface area contributed by atoms with Crippen LogP contribution in [0.3, 0.4) is 0 Å². The van der Waals surface area contributed by atoms with Gasteiger partial charge in [-0.2, -0.15) is 5.10 Å². The molecule has 0 aliphatic carbocycles. The fraction of sp³-hybridized carbons (Fsp3) is 0.263. The van der Waals surface area contributed by atoms with Gasteiger partial charge in [-0.05, 0) is 43.1 Å². The van der Waals surface area contributed by atoms with Crippen LogP contribution in [-0.4, -0.2) is 22.2 Å². The molecule has 0 unspecified atom stereocenters. The normalized spacial score (nSPS) is 12.3. The van der Waals surface area contributed by atoms with Gasteiger partial charge in [0.2, 0.25) is 0 Å². The number of aromatic nitrogens is 2. The van der Waals surface area contributed by atoms with E-state index in [4.69, 9.17) is 23.1 Å². The van der Waals surface area contributed by atoms with Crippen molar-refractivity contribution in [2.24, 2.45) is 18.5 Å². The number of carbonyl (C=O) groups excluding carboxylic acids is 1. The molecule has 0 aliphatic heterocycles. The summed E-state index contributed by atoms with van der Waals surface area (Å²) in [5.74, 6) is -0.973. The second-order valence-electron chi connectivity index (χ2n) is 6.37. The summed E-state index contributed by atoms with van der Waals surface area (Å²) in [7, 11) is 1.80. The topological polar surface area (TPSA) is 86.9 Å². The molecule has 142 valence electrons. The number of thiophene rings is 1. The summed E-state index contributed by atoms with van der Waals surface area (Å²) in [6.45, 7) is 2.22. The molecule has 2 aromatic heterocycles. The molecule has 5 nitrogen and oxygen atoms in total. The maximum absolute atomic E-state index is 13.2. The third-order valence-electron chi connectivity index (χ3n) is 4.56. The molecule has 3 rings (SSSR count). The minimum absolute atomic E-state index is 0.177. The highest BCUT2D eigenvalue weighted by atomic mass is 35.5. The van der Waals surface area contributed by atoms with E-state index >= 15 is 0 Å². The number of hydrogen-bond donors (Lipinski definition) is 2. The Morgan fingerprint density at radius 3 is 2.56 bits per heavy atom. The second kappa shape index (κ2) is 7.80. The number of benzene rings is 1. The Labute approximate surface area is 165 Å².